The smallest absolute Gasteiger partial charge is 0.224 e. The summed E-state index contributed by atoms with van der Waals surface area (Å²) in [5, 5.41) is 10.1. The first-order valence-corrected chi connectivity index (χ1v) is 6.72. The van der Waals surface area contributed by atoms with Crippen LogP contribution in [0, 0.1) is 6.92 Å². The van der Waals surface area contributed by atoms with Crippen molar-refractivity contribution < 1.29 is 14.6 Å². The standard InChI is InChI=1S/C17H20O3/c1-12(2)19-15-10-6-14(7-11-15)17(18)20-16-8-4-13(3)5-9-16/h4-12,17-18H,1-3H3. The van der Waals surface area contributed by atoms with Crippen molar-refractivity contribution >= 4 is 0 Å². The Morgan fingerprint density at radius 2 is 1.30 bits per heavy atom. The van der Waals surface area contributed by atoms with Crippen LogP contribution in [0.2, 0.25) is 0 Å². The summed E-state index contributed by atoms with van der Waals surface area (Å²) in [6, 6.07) is 14.8. The molecule has 106 valence electrons. The number of ether oxygens (including phenoxy) is 2. The molecule has 0 aliphatic rings. The summed E-state index contributed by atoms with van der Waals surface area (Å²) in [6.07, 6.45) is -0.847. The van der Waals surface area contributed by atoms with Crippen LogP contribution >= 0.6 is 0 Å². The number of benzene rings is 2. The Balaban J connectivity index is 2.01. The van der Waals surface area contributed by atoms with Gasteiger partial charge in [-0.05, 0) is 57.2 Å². The Bertz CT molecular complexity index is 529. The Hall–Kier alpha value is -2.00. The highest BCUT2D eigenvalue weighted by Crippen LogP contribution is 2.22. The monoisotopic (exact) mass is 272 g/mol. The lowest BCUT2D eigenvalue weighted by Gasteiger charge is -2.15. The predicted molar refractivity (Wildman–Crippen MR) is 79.0 cm³/mol. The summed E-state index contributed by atoms with van der Waals surface area (Å²) in [5.41, 5.74) is 1.85. The third kappa shape index (κ3) is 4.00. The second kappa shape index (κ2) is 6.44. The molecule has 0 aliphatic heterocycles. The van der Waals surface area contributed by atoms with E-state index in [1.165, 1.54) is 0 Å². The summed E-state index contributed by atoms with van der Waals surface area (Å²) >= 11 is 0. The molecule has 3 nitrogen and oxygen atoms in total. The highest BCUT2D eigenvalue weighted by Gasteiger charge is 2.09. The molecule has 1 atom stereocenters. The van der Waals surface area contributed by atoms with Crippen LogP contribution in [-0.4, -0.2) is 11.2 Å². The fraction of sp³-hybridized carbons (Fsp3) is 0.294. The van der Waals surface area contributed by atoms with Crippen molar-refractivity contribution in [3.05, 3.63) is 59.7 Å². The summed E-state index contributed by atoms with van der Waals surface area (Å²) in [7, 11) is 0. The maximum Gasteiger partial charge on any atom is 0.224 e. The number of aryl methyl sites for hydroxylation is 1. The zero-order valence-electron chi connectivity index (χ0n) is 12.0. The van der Waals surface area contributed by atoms with Crippen molar-refractivity contribution in [1.82, 2.24) is 0 Å². The van der Waals surface area contributed by atoms with Gasteiger partial charge >= 0.3 is 0 Å². The van der Waals surface area contributed by atoms with Gasteiger partial charge in [0.2, 0.25) is 6.29 Å². The van der Waals surface area contributed by atoms with Gasteiger partial charge in [0.05, 0.1) is 6.10 Å². The number of rotatable bonds is 5. The molecule has 0 aliphatic carbocycles. The topological polar surface area (TPSA) is 38.7 Å². The van der Waals surface area contributed by atoms with Gasteiger partial charge in [0.1, 0.15) is 11.5 Å². The van der Waals surface area contributed by atoms with Crippen LogP contribution in [0.25, 0.3) is 0 Å². The van der Waals surface area contributed by atoms with Gasteiger partial charge in [-0.1, -0.05) is 17.7 Å². The molecule has 1 N–H and O–H groups in total. The molecule has 0 saturated carbocycles. The Labute approximate surface area is 119 Å². The fourth-order valence-corrected chi connectivity index (χ4v) is 1.80. The lowest BCUT2D eigenvalue weighted by Crippen LogP contribution is -2.08. The van der Waals surface area contributed by atoms with Crippen molar-refractivity contribution in [1.29, 1.82) is 0 Å². The molecule has 0 radical (unpaired) electrons. The molecule has 0 heterocycles. The molecule has 0 aromatic heterocycles. The van der Waals surface area contributed by atoms with E-state index in [1.807, 2.05) is 57.2 Å². The second-order valence-corrected chi connectivity index (χ2v) is 5.02. The summed E-state index contributed by atoms with van der Waals surface area (Å²) in [4.78, 5) is 0. The van der Waals surface area contributed by atoms with Crippen LogP contribution in [0.15, 0.2) is 48.5 Å². The van der Waals surface area contributed by atoms with E-state index in [9.17, 15) is 5.11 Å². The molecule has 0 spiro atoms. The third-order valence-electron chi connectivity index (χ3n) is 2.81. The van der Waals surface area contributed by atoms with E-state index < -0.39 is 6.29 Å². The summed E-state index contributed by atoms with van der Waals surface area (Å²) < 4.78 is 11.0. The lowest BCUT2D eigenvalue weighted by molar-refractivity contribution is -0.0194. The van der Waals surface area contributed by atoms with Crippen molar-refractivity contribution in [2.75, 3.05) is 0 Å². The van der Waals surface area contributed by atoms with Crippen LogP contribution in [0.1, 0.15) is 31.3 Å². The minimum absolute atomic E-state index is 0.134. The van der Waals surface area contributed by atoms with Gasteiger partial charge in [-0.2, -0.15) is 0 Å². The first-order valence-electron chi connectivity index (χ1n) is 6.72. The Kier molecular flexibility index (Phi) is 4.64. The van der Waals surface area contributed by atoms with E-state index in [0.29, 0.717) is 11.3 Å². The number of aliphatic hydroxyl groups excluding tert-OH is 1. The minimum Gasteiger partial charge on any atom is -0.491 e. The molecule has 2 aromatic carbocycles. The van der Waals surface area contributed by atoms with Crippen molar-refractivity contribution in [3.8, 4) is 11.5 Å². The zero-order valence-corrected chi connectivity index (χ0v) is 12.0. The molecule has 0 amide bonds. The largest absolute Gasteiger partial charge is 0.491 e. The lowest BCUT2D eigenvalue weighted by atomic mass is 10.2. The molecule has 2 rings (SSSR count). The van der Waals surface area contributed by atoms with Crippen LogP contribution in [0.5, 0.6) is 11.5 Å². The van der Waals surface area contributed by atoms with Gasteiger partial charge < -0.3 is 14.6 Å². The molecule has 0 fully saturated rings. The average molecular weight is 272 g/mol. The van der Waals surface area contributed by atoms with Gasteiger partial charge in [0.15, 0.2) is 0 Å². The van der Waals surface area contributed by atoms with E-state index in [1.54, 1.807) is 12.1 Å². The molecular formula is C17H20O3. The van der Waals surface area contributed by atoms with Crippen LogP contribution in [0.4, 0.5) is 0 Å². The average Bonchev–Trinajstić information content (AvgIpc) is 2.41. The van der Waals surface area contributed by atoms with E-state index in [-0.39, 0.29) is 6.10 Å². The van der Waals surface area contributed by atoms with E-state index >= 15 is 0 Å². The van der Waals surface area contributed by atoms with Crippen LogP contribution < -0.4 is 9.47 Å². The fourth-order valence-electron chi connectivity index (χ4n) is 1.80. The Morgan fingerprint density at radius 3 is 1.85 bits per heavy atom. The number of hydrogen-bond acceptors (Lipinski definition) is 3. The number of hydrogen-bond donors (Lipinski definition) is 1. The maximum atomic E-state index is 10.1. The highest BCUT2D eigenvalue weighted by molar-refractivity contribution is 5.30. The molecule has 1 unspecified atom stereocenters. The van der Waals surface area contributed by atoms with Crippen molar-refractivity contribution in [2.45, 2.75) is 33.2 Å². The van der Waals surface area contributed by atoms with Crippen LogP contribution in [-0.2, 0) is 0 Å². The van der Waals surface area contributed by atoms with Crippen molar-refractivity contribution in [3.63, 3.8) is 0 Å². The number of aliphatic hydroxyl groups is 1. The van der Waals surface area contributed by atoms with Gasteiger partial charge in [-0.3, -0.25) is 0 Å². The van der Waals surface area contributed by atoms with Gasteiger partial charge in [0, 0.05) is 5.56 Å². The van der Waals surface area contributed by atoms with E-state index in [2.05, 4.69) is 0 Å². The quantitative estimate of drug-likeness (QED) is 0.840. The predicted octanol–water partition coefficient (Wildman–Crippen LogP) is 3.85. The minimum atomic E-state index is -0.981. The van der Waals surface area contributed by atoms with Gasteiger partial charge in [-0.15, -0.1) is 0 Å². The summed E-state index contributed by atoms with van der Waals surface area (Å²) in [5.74, 6) is 1.43. The highest BCUT2D eigenvalue weighted by atomic mass is 16.6. The van der Waals surface area contributed by atoms with Crippen molar-refractivity contribution in [2.24, 2.45) is 0 Å². The van der Waals surface area contributed by atoms with E-state index in [4.69, 9.17) is 9.47 Å². The second-order valence-electron chi connectivity index (χ2n) is 5.02. The first-order chi connectivity index (χ1) is 9.54. The van der Waals surface area contributed by atoms with Gasteiger partial charge in [0.25, 0.3) is 0 Å². The molecular weight excluding hydrogens is 252 g/mol. The van der Waals surface area contributed by atoms with E-state index in [0.717, 1.165) is 11.3 Å². The first kappa shape index (κ1) is 14.4. The normalized spacial score (nSPS) is 12.2. The maximum absolute atomic E-state index is 10.1. The summed E-state index contributed by atoms with van der Waals surface area (Å²) in [6.45, 7) is 5.96. The molecule has 20 heavy (non-hydrogen) atoms. The molecule has 3 heteroatoms. The SMILES string of the molecule is Cc1ccc(OC(O)c2ccc(OC(C)C)cc2)cc1. The molecule has 2 aromatic rings. The van der Waals surface area contributed by atoms with Gasteiger partial charge in [-0.25, -0.2) is 0 Å². The Morgan fingerprint density at radius 1 is 0.800 bits per heavy atom. The molecule has 0 bridgehead atoms. The van der Waals surface area contributed by atoms with Crippen LogP contribution in [0.3, 0.4) is 0 Å². The zero-order chi connectivity index (χ0) is 14.5. The molecule has 0 saturated heterocycles. The third-order valence-corrected chi connectivity index (χ3v) is 2.81.